The van der Waals surface area contributed by atoms with E-state index in [0.717, 1.165) is 19.3 Å². The number of rotatable bonds is 20. The Bertz CT molecular complexity index is 490. The van der Waals surface area contributed by atoms with Crippen molar-refractivity contribution >= 4 is 25.3 Å². The normalized spacial score (nSPS) is 13.1. The monoisotopic (exact) mass is 523 g/mol. The fraction of sp³-hybridized carbons (Fsp3) is 0.960. The Balaban J connectivity index is 4.44. The lowest BCUT2D eigenvalue weighted by Crippen LogP contribution is -2.44. The van der Waals surface area contributed by atoms with E-state index in [-0.39, 0.29) is 24.2 Å². The molecule has 34 heavy (non-hydrogen) atoms. The van der Waals surface area contributed by atoms with Gasteiger partial charge in [-0.15, -0.1) is 0 Å². The van der Waals surface area contributed by atoms with Crippen molar-refractivity contribution < 1.29 is 18.8 Å². The zero-order valence-electron chi connectivity index (χ0n) is 23.8. The first-order valence-corrected chi connectivity index (χ1v) is 15.2. The van der Waals surface area contributed by atoms with Crippen LogP contribution in [-0.4, -0.2) is 70.2 Å². The highest BCUT2D eigenvalue weighted by Gasteiger charge is 2.34. The lowest BCUT2D eigenvalue weighted by molar-refractivity contribution is -0.111. The molecule has 0 unspecified atom stereocenters. The van der Waals surface area contributed by atoms with Gasteiger partial charge in [-0.1, -0.05) is 32.5 Å². The molecular formula is C25H54N3O4PS. The minimum Gasteiger partial charge on any atom is -0.344 e. The van der Waals surface area contributed by atoms with Crippen molar-refractivity contribution in [3.63, 3.8) is 0 Å². The van der Waals surface area contributed by atoms with E-state index < -0.39 is 8.45 Å². The Kier molecular flexibility index (Phi) is 18.6. The summed E-state index contributed by atoms with van der Waals surface area (Å²) in [6.45, 7) is 25.2. The van der Waals surface area contributed by atoms with Crippen LogP contribution >= 0.6 is 20.2 Å². The molecule has 0 heterocycles. The summed E-state index contributed by atoms with van der Waals surface area (Å²) in [7, 11) is -0.982. The molecule has 0 rings (SSSR count). The van der Waals surface area contributed by atoms with Gasteiger partial charge in [0.25, 0.3) is 0 Å². The SMILES string of the molecule is CCC(CC)(CC)NCCC(=O)SCOCOCOP(N(C(C)C)C(C)C)N(C(C)C)C(C)C. The van der Waals surface area contributed by atoms with Gasteiger partial charge in [0.1, 0.15) is 5.94 Å². The molecule has 0 aliphatic carbocycles. The van der Waals surface area contributed by atoms with Gasteiger partial charge in [0, 0.05) is 42.7 Å². The quantitative estimate of drug-likeness (QED) is 0.109. The molecule has 0 aromatic heterocycles. The number of hydrogen-bond donors (Lipinski definition) is 1. The number of thioether (sulfide) groups is 1. The Hall–Kier alpha value is 0.210. The van der Waals surface area contributed by atoms with Crippen LogP contribution in [0, 0.1) is 0 Å². The second-order valence-corrected chi connectivity index (χ2v) is 12.5. The van der Waals surface area contributed by atoms with Crippen molar-refractivity contribution in [2.24, 2.45) is 0 Å². The second-order valence-electron chi connectivity index (χ2n) is 9.81. The molecule has 0 bridgehead atoms. The largest absolute Gasteiger partial charge is 0.344 e. The Morgan fingerprint density at radius 1 is 0.824 bits per heavy atom. The first kappa shape index (κ1) is 34.2. The molecule has 0 spiro atoms. The van der Waals surface area contributed by atoms with E-state index in [4.69, 9.17) is 14.0 Å². The molecule has 0 amide bonds. The minimum absolute atomic E-state index is 0.110. The van der Waals surface area contributed by atoms with Crippen molar-refractivity contribution in [3.8, 4) is 0 Å². The van der Waals surface area contributed by atoms with Crippen molar-refractivity contribution in [1.82, 2.24) is 14.7 Å². The van der Waals surface area contributed by atoms with Crippen LogP contribution in [0.3, 0.4) is 0 Å². The summed E-state index contributed by atoms with van der Waals surface area (Å²) >= 11 is 1.21. The molecular weight excluding hydrogens is 469 g/mol. The molecule has 0 aromatic carbocycles. The number of carbonyl (C=O) groups is 1. The molecule has 0 aromatic rings. The van der Waals surface area contributed by atoms with E-state index in [1.165, 1.54) is 11.8 Å². The van der Waals surface area contributed by atoms with Crippen LogP contribution in [0.25, 0.3) is 0 Å². The van der Waals surface area contributed by atoms with E-state index in [9.17, 15) is 4.79 Å². The second kappa shape index (κ2) is 18.5. The maximum absolute atomic E-state index is 12.1. The van der Waals surface area contributed by atoms with Crippen LogP contribution in [-0.2, 0) is 18.8 Å². The summed E-state index contributed by atoms with van der Waals surface area (Å²) in [4.78, 5) is 12.1. The number of nitrogens with one attached hydrogen (secondary N) is 1. The highest BCUT2D eigenvalue weighted by atomic mass is 32.2. The van der Waals surface area contributed by atoms with Crippen molar-refractivity contribution in [2.45, 2.75) is 132 Å². The molecule has 0 aliphatic rings. The molecule has 0 radical (unpaired) electrons. The molecule has 0 atom stereocenters. The number of nitrogens with zero attached hydrogens (tertiary/aromatic N) is 2. The van der Waals surface area contributed by atoms with Crippen LogP contribution in [0.1, 0.15) is 102 Å². The lowest BCUT2D eigenvalue weighted by atomic mass is 9.90. The van der Waals surface area contributed by atoms with Crippen molar-refractivity contribution in [3.05, 3.63) is 0 Å². The number of ether oxygens (including phenoxy) is 2. The highest BCUT2D eigenvalue weighted by Crippen LogP contribution is 2.50. The highest BCUT2D eigenvalue weighted by molar-refractivity contribution is 8.13. The summed E-state index contributed by atoms with van der Waals surface area (Å²) in [6.07, 6.45) is 3.73. The summed E-state index contributed by atoms with van der Waals surface area (Å²) < 4.78 is 22.3. The third kappa shape index (κ3) is 12.4. The Morgan fingerprint density at radius 3 is 1.71 bits per heavy atom. The number of hydrogen-bond acceptors (Lipinski definition) is 8. The van der Waals surface area contributed by atoms with Crippen molar-refractivity contribution in [1.29, 1.82) is 0 Å². The van der Waals surface area contributed by atoms with Gasteiger partial charge in [-0.3, -0.25) is 4.79 Å². The van der Waals surface area contributed by atoms with Gasteiger partial charge in [0.2, 0.25) is 0 Å². The van der Waals surface area contributed by atoms with Crippen LogP contribution < -0.4 is 5.32 Å². The maximum atomic E-state index is 12.1. The van der Waals surface area contributed by atoms with Gasteiger partial charge in [0.15, 0.2) is 27.2 Å². The summed E-state index contributed by atoms with van der Waals surface area (Å²) in [5.41, 5.74) is 0.149. The summed E-state index contributed by atoms with van der Waals surface area (Å²) in [6, 6.07) is 1.43. The zero-order chi connectivity index (χ0) is 26.3. The third-order valence-electron chi connectivity index (χ3n) is 6.09. The topological polar surface area (TPSA) is 63.3 Å². The minimum atomic E-state index is -0.982. The van der Waals surface area contributed by atoms with Crippen LogP contribution in [0.15, 0.2) is 0 Å². The third-order valence-corrected chi connectivity index (χ3v) is 9.88. The van der Waals surface area contributed by atoms with Gasteiger partial charge in [-0.2, -0.15) is 0 Å². The maximum Gasteiger partial charge on any atom is 0.192 e. The van der Waals surface area contributed by atoms with Gasteiger partial charge in [0.05, 0.1) is 0 Å². The molecule has 0 saturated carbocycles. The predicted octanol–water partition coefficient (Wildman–Crippen LogP) is 6.58. The smallest absolute Gasteiger partial charge is 0.192 e. The Labute approximate surface area is 216 Å². The Morgan fingerprint density at radius 2 is 1.29 bits per heavy atom. The van der Waals surface area contributed by atoms with Crippen molar-refractivity contribution in [2.75, 3.05) is 26.1 Å². The average molecular weight is 524 g/mol. The summed E-state index contributed by atoms with van der Waals surface area (Å²) in [5, 5.41) is 3.71. The van der Waals surface area contributed by atoms with E-state index in [1.807, 2.05) is 0 Å². The van der Waals surface area contributed by atoms with E-state index in [2.05, 4.69) is 90.8 Å². The molecule has 1 N–H and O–H groups in total. The standard InChI is InChI=1S/C25H54N3O4PS/c1-12-25(13-2,14-3)26-16-15-24(29)34-19-31-17-30-18-32-33(27(20(4)5)21(6)7)28(22(8)9)23(10)11/h20-23,26H,12-19H2,1-11H3. The average Bonchev–Trinajstić information content (AvgIpc) is 2.75. The molecule has 7 nitrogen and oxygen atoms in total. The van der Waals surface area contributed by atoms with E-state index in [1.54, 1.807) is 0 Å². The molecule has 204 valence electrons. The van der Waals surface area contributed by atoms with E-state index in [0.29, 0.717) is 43.1 Å². The zero-order valence-corrected chi connectivity index (χ0v) is 25.6. The lowest BCUT2D eigenvalue weighted by Gasteiger charge is -2.45. The van der Waals surface area contributed by atoms with Gasteiger partial charge in [-0.25, -0.2) is 9.34 Å². The number of carbonyl (C=O) groups excluding carboxylic acids is 1. The van der Waals surface area contributed by atoms with Gasteiger partial charge < -0.3 is 19.3 Å². The van der Waals surface area contributed by atoms with Crippen LogP contribution in [0.4, 0.5) is 0 Å². The molecule has 9 heteroatoms. The molecule has 0 fully saturated rings. The van der Waals surface area contributed by atoms with Gasteiger partial charge in [-0.05, 0) is 74.7 Å². The van der Waals surface area contributed by atoms with Crippen LogP contribution in [0.5, 0.6) is 0 Å². The molecule has 0 saturated heterocycles. The van der Waals surface area contributed by atoms with Crippen LogP contribution in [0.2, 0.25) is 0 Å². The fourth-order valence-corrected chi connectivity index (χ4v) is 6.96. The first-order chi connectivity index (χ1) is 16.0. The fourth-order valence-electron chi connectivity index (χ4n) is 4.18. The summed E-state index contributed by atoms with van der Waals surface area (Å²) in [5.74, 6) is 0.294. The predicted molar refractivity (Wildman–Crippen MR) is 148 cm³/mol. The van der Waals surface area contributed by atoms with Gasteiger partial charge >= 0.3 is 0 Å². The first-order valence-electron chi connectivity index (χ1n) is 13.0. The van der Waals surface area contributed by atoms with E-state index >= 15 is 0 Å². The molecule has 0 aliphatic heterocycles.